The monoisotopic (exact) mass is 455 g/mol. The molecule has 2 aromatic carbocycles. The first-order valence-electron chi connectivity index (χ1n) is 11.6. The van der Waals surface area contributed by atoms with Crippen molar-refractivity contribution in [2.45, 2.75) is 43.4 Å². The van der Waals surface area contributed by atoms with Crippen LogP contribution in [-0.2, 0) is 16.4 Å². The highest BCUT2D eigenvalue weighted by atomic mass is 32.2. The summed E-state index contributed by atoms with van der Waals surface area (Å²) in [6.07, 6.45) is 8.49. The van der Waals surface area contributed by atoms with Crippen molar-refractivity contribution in [2.24, 2.45) is 0 Å². The molecule has 3 aromatic rings. The van der Waals surface area contributed by atoms with Crippen molar-refractivity contribution in [3.8, 4) is 5.75 Å². The lowest BCUT2D eigenvalue weighted by molar-refractivity contribution is 0.205. The number of nitrogens with one attached hydrogen (secondary N) is 2. The molecule has 1 aromatic heterocycles. The number of nitrogens with zero attached hydrogens (tertiary/aromatic N) is 1. The quantitative estimate of drug-likeness (QED) is 0.422. The van der Waals surface area contributed by atoms with Crippen LogP contribution in [0.25, 0.3) is 10.9 Å². The van der Waals surface area contributed by atoms with Gasteiger partial charge in [-0.3, -0.25) is 0 Å². The van der Waals surface area contributed by atoms with Crippen LogP contribution in [-0.4, -0.2) is 51.1 Å². The molecule has 7 heteroatoms. The van der Waals surface area contributed by atoms with E-state index in [9.17, 15) is 8.42 Å². The van der Waals surface area contributed by atoms with Gasteiger partial charge in [0.05, 0.1) is 11.5 Å². The number of hydrogen-bond donors (Lipinski definition) is 2. The van der Waals surface area contributed by atoms with Crippen LogP contribution in [0.1, 0.15) is 37.7 Å². The fourth-order valence-electron chi connectivity index (χ4n) is 4.28. The Kier molecular flexibility index (Phi) is 7.84. The van der Waals surface area contributed by atoms with Crippen LogP contribution < -0.4 is 9.46 Å². The molecule has 2 N–H and O–H groups in total. The van der Waals surface area contributed by atoms with Crippen LogP contribution in [0.5, 0.6) is 5.75 Å². The zero-order chi connectivity index (χ0) is 22.2. The third-order valence-corrected chi connectivity index (χ3v) is 7.54. The lowest BCUT2D eigenvalue weighted by atomic mass is 10.1. The number of aromatic amines is 1. The highest BCUT2D eigenvalue weighted by molar-refractivity contribution is 7.89. The predicted molar refractivity (Wildman–Crippen MR) is 129 cm³/mol. The van der Waals surface area contributed by atoms with E-state index in [1.165, 1.54) is 43.3 Å². The molecule has 172 valence electrons. The van der Waals surface area contributed by atoms with Crippen molar-refractivity contribution in [3.63, 3.8) is 0 Å². The molecule has 0 bridgehead atoms. The van der Waals surface area contributed by atoms with Crippen molar-refractivity contribution < 1.29 is 13.2 Å². The van der Waals surface area contributed by atoms with Crippen molar-refractivity contribution in [1.29, 1.82) is 0 Å². The number of hydrogen-bond acceptors (Lipinski definition) is 4. The molecule has 0 atom stereocenters. The maximum absolute atomic E-state index is 12.6. The van der Waals surface area contributed by atoms with Gasteiger partial charge in [-0.1, -0.05) is 24.6 Å². The number of H-pyrrole nitrogens is 1. The average Bonchev–Trinajstić information content (AvgIpc) is 3.24. The average molecular weight is 456 g/mol. The van der Waals surface area contributed by atoms with E-state index >= 15 is 0 Å². The molecule has 4 rings (SSSR count). The summed E-state index contributed by atoms with van der Waals surface area (Å²) in [7, 11) is -3.52. The molecule has 2 heterocycles. The van der Waals surface area contributed by atoms with Crippen molar-refractivity contribution in [3.05, 3.63) is 60.3 Å². The van der Waals surface area contributed by atoms with Gasteiger partial charge in [0.15, 0.2) is 0 Å². The summed E-state index contributed by atoms with van der Waals surface area (Å²) < 4.78 is 33.7. The van der Waals surface area contributed by atoms with Crippen LogP contribution >= 0.6 is 0 Å². The number of fused-ring (bicyclic) bond motifs is 1. The standard InChI is InChI=1S/C25H33N3O3S/c29-32(30,27-15-6-8-21-20-26-25-10-3-2-9-24(21)25)23-13-11-22(12-14-23)31-19-7-18-28-16-4-1-5-17-28/h2-3,9-14,20,26-27H,1,4-8,15-19H2. The summed E-state index contributed by atoms with van der Waals surface area (Å²) in [6.45, 7) is 4.50. The number of aryl methyl sites for hydroxylation is 1. The van der Waals surface area contributed by atoms with E-state index in [0.717, 1.165) is 31.3 Å². The Balaban J connectivity index is 1.19. The Hall–Kier alpha value is -2.35. The SMILES string of the molecule is O=S(=O)(NCCCc1c[nH]c2ccccc12)c1ccc(OCCCN2CCCCC2)cc1. The topological polar surface area (TPSA) is 74.4 Å². The zero-order valence-corrected chi connectivity index (χ0v) is 19.4. The van der Waals surface area contributed by atoms with Crippen LogP contribution in [0.4, 0.5) is 0 Å². The van der Waals surface area contributed by atoms with Gasteiger partial charge in [-0.05, 0) is 81.1 Å². The fraction of sp³-hybridized carbons (Fsp3) is 0.440. The molecule has 0 saturated carbocycles. The van der Waals surface area contributed by atoms with E-state index < -0.39 is 10.0 Å². The molecule has 1 fully saturated rings. The third kappa shape index (κ3) is 6.12. The molecule has 0 unspecified atom stereocenters. The molecule has 6 nitrogen and oxygen atoms in total. The van der Waals surface area contributed by atoms with Gasteiger partial charge in [0.1, 0.15) is 5.75 Å². The second kappa shape index (κ2) is 11.0. The zero-order valence-electron chi connectivity index (χ0n) is 18.6. The van der Waals surface area contributed by atoms with E-state index in [2.05, 4.69) is 20.7 Å². The van der Waals surface area contributed by atoms with Gasteiger partial charge in [-0.25, -0.2) is 13.1 Å². The van der Waals surface area contributed by atoms with E-state index in [-0.39, 0.29) is 4.90 Å². The molecular formula is C25H33N3O3S. The van der Waals surface area contributed by atoms with Crippen molar-refractivity contribution in [2.75, 3.05) is 32.8 Å². The van der Waals surface area contributed by atoms with Gasteiger partial charge in [-0.2, -0.15) is 0 Å². The van der Waals surface area contributed by atoms with Gasteiger partial charge in [0.25, 0.3) is 0 Å². The summed E-state index contributed by atoms with van der Waals surface area (Å²) in [6, 6.07) is 14.9. The predicted octanol–water partition coefficient (Wildman–Crippen LogP) is 4.33. The lowest BCUT2D eigenvalue weighted by Crippen LogP contribution is -2.31. The number of para-hydroxylation sites is 1. The summed E-state index contributed by atoms with van der Waals surface area (Å²) in [5.74, 6) is 0.710. The number of ether oxygens (including phenoxy) is 1. The van der Waals surface area contributed by atoms with E-state index in [1.54, 1.807) is 24.3 Å². The van der Waals surface area contributed by atoms with Gasteiger partial charge < -0.3 is 14.6 Å². The number of benzene rings is 2. The fourth-order valence-corrected chi connectivity index (χ4v) is 5.36. The first-order chi connectivity index (χ1) is 15.6. The number of rotatable bonds is 11. The van der Waals surface area contributed by atoms with Crippen molar-refractivity contribution >= 4 is 20.9 Å². The molecule has 32 heavy (non-hydrogen) atoms. The maximum Gasteiger partial charge on any atom is 0.240 e. The van der Waals surface area contributed by atoms with Gasteiger partial charge >= 0.3 is 0 Å². The number of likely N-dealkylation sites (tertiary alicyclic amines) is 1. The second-order valence-electron chi connectivity index (χ2n) is 8.44. The van der Waals surface area contributed by atoms with Gasteiger partial charge in [-0.15, -0.1) is 0 Å². The minimum Gasteiger partial charge on any atom is -0.494 e. The van der Waals surface area contributed by atoms with Crippen LogP contribution in [0, 0.1) is 0 Å². The van der Waals surface area contributed by atoms with Crippen LogP contribution in [0.3, 0.4) is 0 Å². The number of piperidine rings is 1. The lowest BCUT2D eigenvalue weighted by Gasteiger charge is -2.26. The molecule has 0 radical (unpaired) electrons. The van der Waals surface area contributed by atoms with Gasteiger partial charge in [0, 0.05) is 30.2 Å². The summed E-state index contributed by atoms with van der Waals surface area (Å²) in [5.41, 5.74) is 2.32. The second-order valence-corrected chi connectivity index (χ2v) is 10.2. The Morgan fingerprint density at radius 2 is 1.75 bits per heavy atom. The van der Waals surface area contributed by atoms with E-state index in [4.69, 9.17) is 4.74 Å². The molecular weight excluding hydrogens is 422 g/mol. The third-order valence-electron chi connectivity index (χ3n) is 6.06. The minimum absolute atomic E-state index is 0.269. The molecule has 0 aliphatic carbocycles. The van der Waals surface area contributed by atoms with Gasteiger partial charge in [0.2, 0.25) is 10.0 Å². The van der Waals surface area contributed by atoms with E-state index in [0.29, 0.717) is 18.9 Å². The summed E-state index contributed by atoms with van der Waals surface area (Å²) >= 11 is 0. The summed E-state index contributed by atoms with van der Waals surface area (Å²) in [4.78, 5) is 6.02. The Labute approximate surface area is 191 Å². The highest BCUT2D eigenvalue weighted by Gasteiger charge is 2.14. The molecule has 1 saturated heterocycles. The molecule has 0 amide bonds. The molecule has 1 aliphatic heterocycles. The Morgan fingerprint density at radius 1 is 0.969 bits per heavy atom. The Morgan fingerprint density at radius 3 is 2.56 bits per heavy atom. The Bertz CT molecular complexity index is 1090. The van der Waals surface area contributed by atoms with E-state index in [1.807, 2.05) is 24.4 Å². The number of sulfonamides is 1. The minimum atomic E-state index is -3.52. The normalized spacial score (nSPS) is 15.2. The van der Waals surface area contributed by atoms with Crippen molar-refractivity contribution in [1.82, 2.24) is 14.6 Å². The largest absolute Gasteiger partial charge is 0.494 e. The first kappa shape index (κ1) is 22.8. The highest BCUT2D eigenvalue weighted by Crippen LogP contribution is 2.19. The molecule has 0 spiro atoms. The van der Waals surface area contributed by atoms with Crippen LogP contribution in [0.15, 0.2) is 59.6 Å². The summed E-state index contributed by atoms with van der Waals surface area (Å²) in [5, 5.41) is 1.20. The smallest absolute Gasteiger partial charge is 0.240 e. The maximum atomic E-state index is 12.6. The van der Waals surface area contributed by atoms with Crippen LogP contribution in [0.2, 0.25) is 0 Å². The number of aromatic nitrogens is 1. The first-order valence-corrected chi connectivity index (χ1v) is 13.1. The molecule has 1 aliphatic rings.